The first-order valence-electron chi connectivity index (χ1n) is 23.9. The van der Waals surface area contributed by atoms with Crippen LogP contribution in [0.25, 0.3) is 0 Å². The summed E-state index contributed by atoms with van der Waals surface area (Å²) >= 11 is 0. The van der Waals surface area contributed by atoms with Crippen molar-refractivity contribution in [1.29, 1.82) is 0 Å². The number of hydrogen-bond acceptors (Lipinski definition) is 5. The zero-order valence-electron chi connectivity index (χ0n) is 38.1. The Morgan fingerprint density at radius 1 is 0.690 bits per heavy atom. The number of ketones is 1. The number of ether oxygens (including phenoxy) is 1. The third kappa shape index (κ3) is 5.81. The van der Waals surface area contributed by atoms with Crippen molar-refractivity contribution in [1.82, 2.24) is 4.90 Å². The summed E-state index contributed by atoms with van der Waals surface area (Å²) in [5.74, 6) is 1.49. The second-order valence-electron chi connectivity index (χ2n) is 24.4. The van der Waals surface area contributed by atoms with E-state index in [1.165, 1.54) is 31.3 Å². The largest absolute Gasteiger partial charge is 0.481 e. The fourth-order valence-corrected chi connectivity index (χ4v) is 17.3. The van der Waals surface area contributed by atoms with Gasteiger partial charge in [-0.1, -0.05) is 74.5 Å². The maximum atomic E-state index is 15.2. The average molecular weight is 802 g/mol. The molecule has 1 unspecified atom stereocenters. The molecule has 0 radical (unpaired) electrons. The summed E-state index contributed by atoms with van der Waals surface area (Å²) in [6.45, 7) is 29.5. The molecule has 1 heterocycles. The lowest BCUT2D eigenvalue weighted by Gasteiger charge is -2.73. The number of fused-ring (bicyclic) bond motifs is 7. The van der Waals surface area contributed by atoms with Gasteiger partial charge >= 0.3 is 11.9 Å². The molecule has 1 amide bonds. The summed E-state index contributed by atoms with van der Waals surface area (Å²) < 4.78 is 6.46. The topological polar surface area (TPSA) is 101 Å². The molecule has 7 heteroatoms. The molecule has 7 saturated carbocycles. The number of piperidine rings is 1. The van der Waals surface area contributed by atoms with Crippen molar-refractivity contribution in [3.05, 3.63) is 12.2 Å². The summed E-state index contributed by atoms with van der Waals surface area (Å²) in [6, 6.07) is 0. The van der Waals surface area contributed by atoms with Gasteiger partial charge in [0.15, 0.2) is 0 Å². The highest BCUT2D eigenvalue weighted by Crippen LogP contribution is 2.78. The van der Waals surface area contributed by atoms with Gasteiger partial charge in [-0.05, 0) is 166 Å². The number of esters is 1. The van der Waals surface area contributed by atoms with Crippen molar-refractivity contribution in [2.45, 2.75) is 178 Å². The molecule has 0 aromatic rings. The molecule has 1 N–H and O–H groups in total. The van der Waals surface area contributed by atoms with Crippen LogP contribution < -0.4 is 0 Å². The predicted octanol–water partition coefficient (Wildman–Crippen LogP) is 10.9. The molecule has 0 aromatic heterocycles. The van der Waals surface area contributed by atoms with E-state index < -0.39 is 17.3 Å². The van der Waals surface area contributed by atoms with Gasteiger partial charge in [-0.25, -0.2) is 0 Å². The fourth-order valence-electron chi connectivity index (χ4n) is 17.3. The number of Topliss-reactive ketones (excluding diaryl/α,β-unsaturated/α-hetero) is 1. The molecular weight excluding hydrogens is 723 g/mol. The van der Waals surface area contributed by atoms with Crippen molar-refractivity contribution in [2.75, 3.05) is 13.1 Å². The Morgan fingerprint density at radius 3 is 2.00 bits per heavy atom. The van der Waals surface area contributed by atoms with E-state index in [9.17, 15) is 19.5 Å². The molecule has 1 aliphatic heterocycles. The third-order valence-corrected chi connectivity index (χ3v) is 21.5. The molecule has 0 spiro atoms. The van der Waals surface area contributed by atoms with Gasteiger partial charge in [-0.15, -0.1) is 0 Å². The Hall–Kier alpha value is -2.18. The molecular formula is C51H79NO6. The summed E-state index contributed by atoms with van der Waals surface area (Å²) in [4.78, 5) is 56.4. The second-order valence-corrected chi connectivity index (χ2v) is 24.4. The monoisotopic (exact) mass is 802 g/mol. The second kappa shape index (κ2) is 13.9. The Bertz CT molecular complexity index is 1720. The van der Waals surface area contributed by atoms with Crippen LogP contribution in [0.1, 0.15) is 172 Å². The van der Waals surface area contributed by atoms with Crippen molar-refractivity contribution < 1.29 is 29.0 Å². The number of hydrogen-bond donors (Lipinski definition) is 1. The number of amides is 1. The summed E-state index contributed by atoms with van der Waals surface area (Å²) in [5.41, 5.74) is 0.475. The van der Waals surface area contributed by atoms with E-state index >= 15 is 4.79 Å². The SMILES string of the molecule is C=C(C)[C@@H]1CC[C@]2(C(=O)C[C@@H]3C[C@H](C(=O)N4CCCCC4)C3(C)C)CC[C@]3(C)[C@H](CC[C@@H]4[C@@]5(C)CC[C@H](OC(=O)C6C[C@H](C(=O)O)C6(C)C)C(C)(C)[C@@H]5CC[C@]43C)[C@@H]12. The van der Waals surface area contributed by atoms with Gasteiger partial charge in [0.2, 0.25) is 5.91 Å². The molecule has 7 nitrogen and oxygen atoms in total. The van der Waals surface area contributed by atoms with Crippen molar-refractivity contribution >= 4 is 23.6 Å². The predicted molar refractivity (Wildman–Crippen MR) is 227 cm³/mol. The summed E-state index contributed by atoms with van der Waals surface area (Å²) in [7, 11) is 0. The van der Waals surface area contributed by atoms with E-state index in [0.29, 0.717) is 54.1 Å². The molecule has 7 aliphatic carbocycles. The molecule has 0 aromatic carbocycles. The van der Waals surface area contributed by atoms with Gasteiger partial charge in [-0.3, -0.25) is 19.2 Å². The number of carboxylic acid groups (broad SMARTS) is 1. The molecule has 0 bridgehead atoms. The van der Waals surface area contributed by atoms with Crippen molar-refractivity contribution in [3.63, 3.8) is 0 Å². The van der Waals surface area contributed by atoms with E-state index in [1.807, 2.05) is 13.8 Å². The van der Waals surface area contributed by atoms with Crippen LogP contribution in [0.5, 0.6) is 0 Å². The van der Waals surface area contributed by atoms with Gasteiger partial charge in [0.25, 0.3) is 0 Å². The first-order valence-corrected chi connectivity index (χ1v) is 23.9. The molecule has 1 saturated heterocycles. The van der Waals surface area contributed by atoms with Crippen LogP contribution >= 0.6 is 0 Å². The van der Waals surface area contributed by atoms with Gasteiger partial charge in [0, 0.05) is 36.3 Å². The van der Waals surface area contributed by atoms with Gasteiger partial charge in [-0.2, -0.15) is 0 Å². The summed E-state index contributed by atoms with van der Waals surface area (Å²) in [5, 5.41) is 9.69. The zero-order chi connectivity index (χ0) is 42.2. The highest BCUT2D eigenvalue weighted by molar-refractivity contribution is 5.87. The molecule has 58 heavy (non-hydrogen) atoms. The molecule has 324 valence electrons. The Labute approximate surface area is 351 Å². The van der Waals surface area contributed by atoms with E-state index in [-0.39, 0.29) is 62.3 Å². The lowest BCUT2D eigenvalue weighted by molar-refractivity contribution is -0.251. The number of carbonyl (C=O) groups excluding carboxylic acids is 3. The molecule has 14 atom stereocenters. The lowest BCUT2D eigenvalue weighted by atomic mass is 9.32. The Morgan fingerprint density at radius 2 is 1.38 bits per heavy atom. The number of carbonyl (C=O) groups is 4. The van der Waals surface area contributed by atoms with Crippen LogP contribution in [0.4, 0.5) is 0 Å². The Kier molecular flexibility index (Phi) is 10.2. The molecule has 8 rings (SSSR count). The number of nitrogens with zero attached hydrogens (tertiary/aromatic N) is 1. The van der Waals surface area contributed by atoms with Crippen LogP contribution in [0.3, 0.4) is 0 Å². The summed E-state index contributed by atoms with van der Waals surface area (Å²) in [6.07, 6.45) is 15.9. The fraction of sp³-hybridized carbons (Fsp3) is 0.882. The first kappa shape index (κ1) is 42.5. The number of rotatable bonds is 8. The minimum Gasteiger partial charge on any atom is -0.481 e. The van der Waals surface area contributed by atoms with E-state index in [0.717, 1.165) is 77.3 Å². The number of likely N-dealkylation sites (tertiary alicyclic amines) is 1. The zero-order valence-corrected chi connectivity index (χ0v) is 38.1. The van der Waals surface area contributed by atoms with Crippen LogP contribution in [0.2, 0.25) is 0 Å². The van der Waals surface area contributed by atoms with Gasteiger partial charge in [0.05, 0.1) is 11.8 Å². The standard InChI is InChI=1S/C51H79NO6/c1-30(2)32-17-22-51(39(53)28-31-27-34(45(31,3)4)42(54)52-25-13-12-14-26-52)24-23-49(10)33(41(32)51)15-16-38-48(9)20-19-40(47(7,8)37(48)18-21-50(38,49)11)58-44(57)36-29-35(43(55)56)46(36,5)6/h31-38,40-41H,1,12-29H2,2-11H3,(H,55,56)/t31-,32-,33+,34+,35+,36?,37-,38+,40-,41+,48-,49+,50+,51+/m0/s1. The minimum absolute atomic E-state index is 0.0402. The molecule has 8 fully saturated rings. The van der Waals surface area contributed by atoms with E-state index in [4.69, 9.17) is 4.74 Å². The average Bonchev–Trinajstić information content (AvgIpc) is 3.55. The van der Waals surface area contributed by atoms with Crippen LogP contribution in [-0.4, -0.2) is 52.8 Å². The highest BCUT2D eigenvalue weighted by Gasteiger charge is 2.72. The normalized spacial score (nSPS) is 47.1. The maximum absolute atomic E-state index is 15.2. The van der Waals surface area contributed by atoms with Crippen molar-refractivity contribution in [2.24, 2.45) is 91.2 Å². The third-order valence-electron chi connectivity index (χ3n) is 21.5. The quantitative estimate of drug-likeness (QED) is 0.194. The Balaban J connectivity index is 1.00. The van der Waals surface area contributed by atoms with Crippen LogP contribution in [0, 0.1) is 91.2 Å². The van der Waals surface area contributed by atoms with E-state index in [1.54, 1.807) is 0 Å². The van der Waals surface area contributed by atoms with E-state index in [2.05, 4.69) is 66.9 Å². The van der Waals surface area contributed by atoms with Gasteiger partial charge in [0.1, 0.15) is 11.9 Å². The lowest BCUT2D eigenvalue weighted by Crippen LogP contribution is -2.67. The first-order chi connectivity index (χ1) is 27.0. The number of allylic oxidation sites excluding steroid dienone is 1. The highest BCUT2D eigenvalue weighted by atomic mass is 16.5. The molecule has 8 aliphatic rings. The van der Waals surface area contributed by atoms with Crippen LogP contribution in [-0.2, 0) is 23.9 Å². The van der Waals surface area contributed by atoms with Crippen LogP contribution in [0.15, 0.2) is 12.2 Å². The number of carboxylic acids is 1. The minimum atomic E-state index is -0.817. The maximum Gasteiger partial charge on any atom is 0.309 e. The number of aliphatic carboxylic acids is 1. The smallest absolute Gasteiger partial charge is 0.309 e. The van der Waals surface area contributed by atoms with Crippen molar-refractivity contribution in [3.8, 4) is 0 Å². The van der Waals surface area contributed by atoms with Gasteiger partial charge < -0.3 is 14.7 Å².